The largest absolute Gasteiger partial charge is 1.00 e. The Kier molecular flexibility index (Phi) is 11.2. The van der Waals surface area contributed by atoms with Gasteiger partial charge in [0.2, 0.25) is 0 Å². The average Bonchev–Trinajstić information content (AvgIpc) is 1.98. The van der Waals surface area contributed by atoms with Crippen molar-refractivity contribution in [3.63, 3.8) is 0 Å². The van der Waals surface area contributed by atoms with Gasteiger partial charge in [-0.2, -0.15) is 11.8 Å². The zero-order valence-corrected chi connectivity index (χ0v) is 9.10. The summed E-state index contributed by atoms with van der Waals surface area (Å²) < 4.78 is 0. The fourth-order valence-electron chi connectivity index (χ4n) is 0.520. The predicted octanol–water partition coefficient (Wildman–Crippen LogP) is -2.06. The van der Waals surface area contributed by atoms with Crippen molar-refractivity contribution >= 4 is 28.6 Å². The summed E-state index contributed by atoms with van der Waals surface area (Å²) in [6.45, 7) is 0. The second kappa shape index (κ2) is 8.71. The molecule has 11 heavy (non-hydrogen) atoms. The van der Waals surface area contributed by atoms with Gasteiger partial charge in [-0.15, -0.1) is 0 Å². The minimum Gasteiger partial charge on any atom is -1.00 e. The van der Waals surface area contributed by atoms with Crippen LogP contribution in [0.3, 0.4) is 0 Å². The summed E-state index contributed by atoms with van der Waals surface area (Å²) in [4.78, 5) is 9.10. The van der Waals surface area contributed by atoms with Crippen molar-refractivity contribution in [2.75, 3.05) is 18.3 Å². The van der Waals surface area contributed by atoms with Crippen molar-refractivity contribution in [3.8, 4) is 0 Å². The molecule has 0 aliphatic carbocycles. The van der Waals surface area contributed by atoms with Gasteiger partial charge in [0.05, 0.1) is 0 Å². The SMILES string of the molecule is CSCCC(N)C(=[OH+])SC.[Cl-]. The lowest BCUT2D eigenvalue weighted by molar-refractivity contribution is -0.00000304. The molecule has 0 aromatic heterocycles. The Bertz CT molecular complexity index is 113. The van der Waals surface area contributed by atoms with Crippen LogP contribution >= 0.6 is 23.5 Å². The van der Waals surface area contributed by atoms with E-state index in [9.17, 15) is 0 Å². The van der Waals surface area contributed by atoms with Gasteiger partial charge in [0, 0.05) is 0 Å². The highest BCUT2D eigenvalue weighted by Crippen LogP contribution is 2.04. The van der Waals surface area contributed by atoms with E-state index in [0.29, 0.717) is 5.12 Å². The third-order valence-electron chi connectivity index (χ3n) is 1.16. The van der Waals surface area contributed by atoms with Gasteiger partial charge in [-0.05, 0) is 36.4 Å². The molecule has 2 nitrogen and oxygen atoms in total. The first-order valence-electron chi connectivity index (χ1n) is 3.06. The normalized spacial score (nSPS) is 11.9. The third kappa shape index (κ3) is 7.00. The highest BCUT2D eigenvalue weighted by molar-refractivity contribution is 8.13. The fraction of sp³-hybridized carbons (Fsp3) is 0.833. The Morgan fingerprint density at radius 1 is 1.55 bits per heavy atom. The van der Waals surface area contributed by atoms with Crippen LogP contribution in [0, 0.1) is 0 Å². The molecule has 0 spiro atoms. The molecule has 0 fully saturated rings. The first kappa shape index (κ1) is 14.2. The van der Waals surface area contributed by atoms with Gasteiger partial charge in [-0.25, -0.2) is 0 Å². The summed E-state index contributed by atoms with van der Waals surface area (Å²) in [6.07, 6.45) is 4.71. The van der Waals surface area contributed by atoms with Crippen molar-refractivity contribution in [1.29, 1.82) is 0 Å². The van der Waals surface area contributed by atoms with Crippen LogP contribution in [0.2, 0.25) is 0 Å². The van der Waals surface area contributed by atoms with Crippen molar-refractivity contribution in [2.45, 2.75) is 12.5 Å². The molecule has 0 heterocycles. The van der Waals surface area contributed by atoms with E-state index < -0.39 is 0 Å². The van der Waals surface area contributed by atoms with E-state index in [1.54, 1.807) is 11.8 Å². The van der Waals surface area contributed by atoms with Gasteiger partial charge < -0.3 is 18.1 Å². The van der Waals surface area contributed by atoms with Crippen LogP contribution in [0.25, 0.3) is 0 Å². The first-order valence-corrected chi connectivity index (χ1v) is 5.68. The number of hydrogen-bond donors (Lipinski definition) is 1. The van der Waals surface area contributed by atoms with E-state index in [1.807, 2.05) is 12.5 Å². The van der Waals surface area contributed by atoms with Crippen molar-refractivity contribution in [1.82, 2.24) is 0 Å². The molecule has 0 aromatic rings. The third-order valence-corrected chi connectivity index (χ3v) is 2.52. The molecule has 5 heteroatoms. The molecule has 0 saturated carbocycles. The molecule has 0 amide bonds. The Hall–Kier alpha value is 0.620. The summed E-state index contributed by atoms with van der Waals surface area (Å²) in [5.74, 6) is 1.01. The monoisotopic (exact) mass is 215 g/mol. The van der Waals surface area contributed by atoms with Crippen LogP contribution in [-0.2, 0) is 0 Å². The molecule has 68 valence electrons. The number of halogens is 1. The number of nitrogens with two attached hydrogens (primary N) is 1. The van der Waals surface area contributed by atoms with Gasteiger partial charge in [0.25, 0.3) is 0 Å². The van der Waals surface area contributed by atoms with Crippen LogP contribution in [-0.4, -0.2) is 34.2 Å². The van der Waals surface area contributed by atoms with Gasteiger partial charge >= 0.3 is 5.12 Å². The summed E-state index contributed by atoms with van der Waals surface area (Å²) in [6, 6.07) is -0.151. The lowest BCUT2D eigenvalue weighted by atomic mass is 10.3. The summed E-state index contributed by atoms with van der Waals surface area (Å²) in [7, 11) is 0. The number of carbonyl (C=O) groups excluding carboxylic acids is 1. The molecule has 0 aliphatic heterocycles. The number of hydrogen-bond acceptors (Lipinski definition) is 3. The topological polar surface area (TPSA) is 47.4 Å². The predicted molar refractivity (Wildman–Crippen MR) is 51.4 cm³/mol. The molecule has 0 bridgehead atoms. The molecule has 1 atom stereocenters. The highest BCUT2D eigenvalue weighted by Gasteiger charge is 2.17. The Morgan fingerprint density at radius 2 is 2.09 bits per heavy atom. The van der Waals surface area contributed by atoms with E-state index >= 15 is 0 Å². The smallest absolute Gasteiger partial charge is 0.367 e. The maximum Gasteiger partial charge on any atom is 0.367 e. The molecule has 0 rings (SSSR count). The number of thioether (sulfide) groups is 2. The number of rotatable bonds is 4. The van der Waals surface area contributed by atoms with E-state index in [4.69, 9.17) is 10.5 Å². The van der Waals surface area contributed by atoms with Gasteiger partial charge in [-0.1, -0.05) is 0 Å². The standard InChI is InChI=1S/C6H13NOS2.ClH/c1-9-4-3-5(7)6(8)10-2;/h5H,3-4,7H2,1-2H3;1H. The zero-order valence-electron chi connectivity index (χ0n) is 6.71. The van der Waals surface area contributed by atoms with E-state index in [1.165, 1.54) is 11.8 Å². The first-order chi connectivity index (χ1) is 4.72. The van der Waals surface area contributed by atoms with Gasteiger partial charge in [0.15, 0.2) is 0 Å². The molecule has 0 radical (unpaired) electrons. The molecule has 3 N–H and O–H groups in total. The molecule has 0 aliphatic rings. The van der Waals surface area contributed by atoms with E-state index in [0.717, 1.165) is 12.2 Å². The van der Waals surface area contributed by atoms with E-state index in [-0.39, 0.29) is 18.4 Å². The maximum atomic E-state index is 9.10. The lowest BCUT2D eigenvalue weighted by Gasteiger charge is -2.01. The molecule has 0 saturated heterocycles. The highest BCUT2D eigenvalue weighted by atomic mass is 35.5. The minimum absolute atomic E-state index is 0. The second-order valence-electron chi connectivity index (χ2n) is 1.93. The van der Waals surface area contributed by atoms with Crippen molar-refractivity contribution < 1.29 is 17.2 Å². The Labute approximate surface area is 82.5 Å². The average molecular weight is 216 g/mol. The second-order valence-corrected chi connectivity index (χ2v) is 3.74. The Morgan fingerprint density at radius 3 is 2.45 bits per heavy atom. The quantitative estimate of drug-likeness (QED) is 0.549. The Balaban J connectivity index is 0. The van der Waals surface area contributed by atoms with Gasteiger partial charge in [0.1, 0.15) is 6.04 Å². The van der Waals surface area contributed by atoms with Crippen LogP contribution in [0.4, 0.5) is 0 Å². The minimum atomic E-state index is -0.151. The van der Waals surface area contributed by atoms with Crippen LogP contribution in [0.15, 0.2) is 0 Å². The fourth-order valence-corrected chi connectivity index (χ4v) is 1.43. The molecule has 0 aromatic carbocycles. The lowest BCUT2D eigenvalue weighted by Crippen LogP contribution is -3.00. The maximum absolute atomic E-state index is 9.10. The molecular weight excluding hydrogens is 202 g/mol. The van der Waals surface area contributed by atoms with Crippen LogP contribution in [0.1, 0.15) is 6.42 Å². The van der Waals surface area contributed by atoms with Crippen LogP contribution in [0.5, 0.6) is 0 Å². The van der Waals surface area contributed by atoms with Crippen molar-refractivity contribution in [2.24, 2.45) is 5.73 Å². The zero-order chi connectivity index (χ0) is 7.98. The molecular formula is C6H14ClNOS2. The van der Waals surface area contributed by atoms with E-state index in [2.05, 4.69) is 0 Å². The molecule has 1 unspecified atom stereocenters. The summed E-state index contributed by atoms with van der Waals surface area (Å²) in [5.41, 5.74) is 5.59. The summed E-state index contributed by atoms with van der Waals surface area (Å²) in [5, 5.41) is 0.342. The van der Waals surface area contributed by atoms with Crippen molar-refractivity contribution in [3.05, 3.63) is 0 Å². The summed E-state index contributed by atoms with van der Waals surface area (Å²) >= 11 is 3.07. The van der Waals surface area contributed by atoms with Crippen LogP contribution < -0.4 is 18.1 Å². The van der Waals surface area contributed by atoms with Gasteiger partial charge in [-0.3, -0.25) is 4.79 Å².